The molecule has 2 aromatic rings. The number of hydrogen-bond donors (Lipinski definition) is 2. The summed E-state index contributed by atoms with van der Waals surface area (Å²) in [4.78, 5) is 47.1. The fourth-order valence-electron chi connectivity index (χ4n) is 3.67. The normalized spacial score (nSPS) is 16.1. The molecule has 0 radical (unpaired) electrons. The van der Waals surface area contributed by atoms with Crippen molar-refractivity contribution >= 4 is 41.8 Å². The average molecular weight is 460 g/mol. The van der Waals surface area contributed by atoms with Gasteiger partial charge in [-0.15, -0.1) is 24.8 Å². The van der Waals surface area contributed by atoms with Gasteiger partial charge in [-0.3, -0.25) is 19.1 Å². The number of likely N-dealkylation sites (tertiary alicyclic amines) is 1. The van der Waals surface area contributed by atoms with E-state index in [1.165, 1.54) is 4.57 Å². The average Bonchev–Trinajstić information content (AvgIpc) is 3.12. The van der Waals surface area contributed by atoms with E-state index in [0.29, 0.717) is 37.4 Å². The number of hydrogen-bond acceptors (Lipinski definition) is 5. The summed E-state index contributed by atoms with van der Waals surface area (Å²) in [7, 11) is 0. The SMILES string of the molecule is CC(C)Cn1c(=O)[nH]c(=O)c2c(C(=O)N3CCC(CN)C3)cc(C(C)C)nc21.Cl.Cl. The Hall–Kier alpha value is -1.90. The molecule has 0 saturated carbocycles. The molecular formula is C20H31Cl2N5O3. The number of fused-ring (bicyclic) bond motifs is 1. The molecule has 10 heteroatoms. The molecule has 0 aromatic carbocycles. The van der Waals surface area contributed by atoms with E-state index in [9.17, 15) is 14.4 Å². The molecule has 1 aliphatic heterocycles. The molecule has 0 aliphatic carbocycles. The number of carbonyl (C=O) groups is 1. The molecule has 1 aliphatic rings. The Morgan fingerprint density at radius 3 is 2.47 bits per heavy atom. The molecule has 8 nitrogen and oxygen atoms in total. The van der Waals surface area contributed by atoms with Crippen LogP contribution in [0.3, 0.4) is 0 Å². The maximum Gasteiger partial charge on any atom is 0.330 e. The highest BCUT2D eigenvalue weighted by Gasteiger charge is 2.29. The zero-order valence-corrected chi connectivity index (χ0v) is 19.4. The second-order valence-electron chi connectivity index (χ2n) is 8.35. The van der Waals surface area contributed by atoms with Gasteiger partial charge in [-0.1, -0.05) is 27.7 Å². The van der Waals surface area contributed by atoms with Gasteiger partial charge >= 0.3 is 5.69 Å². The quantitative estimate of drug-likeness (QED) is 0.710. The first-order valence-electron chi connectivity index (χ1n) is 9.90. The van der Waals surface area contributed by atoms with Crippen molar-refractivity contribution in [3.05, 3.63) is 38.2 Å². The first kappa shape index (κ1) is 26.1. The molecule has 1 saturated heterocycles. The lowest BCUT2D eigenvalue weighted by atomic mass is 10.0. The van der Waals surface area contributed by atoms with Gasteiger partial charge in [-0.2, -0.15) is 0 Å². The second-order valence-corrected chi connectivity index (χ2v) is 8.35. The van der Waals surface area contributed by atoms with Crippen molar-refractivity contribution < 1.29 is 4.79 Å². The third kappa shape index (κ3) is 5.04. The summed E-state index contributed by atoms with van der Waals surface area (Å²) in [6, 6.07) is 1.70. The number of aromatic amines is 1. The fraction of sp³-hybridized carbons (Fsp3) is 0.600. The maximum absolute atomic E-state index is 13.3. The number of halogens is 2. The number of nitrogens with zero attached hydrogens (tertiary/aromatic N) is 3. The molecule has 168 valence electrons. The van der Waals surface area contributed by atoms with E-state index in [2.05, 4.69) is 9.97 Å². The first-order chi connectivity index (χ1) is 13.2. The second kappa shape index (κ2) is 10.4. The maximum atomic E-state index is 13.3. The molecule has 3 rings (SSSR count). The van der Waals surface area contributed by atoms with Gasteiger partial charge in [0.25, 0.3) is 11.5 Å². The van der Waals surface area contributed by atoms with E-state index >= 15 is 0 Å². The number of pyridine rings is 1. The highest BCUT2D eigenvalue weighted by atomic mass is 35.5. The number of aromatic nitrogens is 3. The van der Waals surface area contributed by atoms with E-state index in [-0.39, 0.29) is 59.5 Å². The van der Waals surface area contributed by atoms with E-state index < -0.39 is 11.2 Å². The zero-order valence-electron chi connectivity index (χ0n) is 17.8. The van der Waals surface area contributed by atoms with Crippen molar-refractivity contribution in [3.63, 3.8) is 0 Å². The van der Waals surface area contributed by atoms with E-state index in [0.717, 1.165) is 6.42 Å². The van der Waals surface area contributed by atoms with E-state index in [1.807, 2.05) is 27.7 Å². The number of nitrogens with one attached hydrogen (secondary N) is 1. The number of H-pyrrole nitrogens is 1. The van der Waals surface area contributed by atoms with Crippen molar-refractivity contribution in [3.8, 4) is 0 Å². The number of nitrogens with two attached hydrogens (primary N) is 1. The summed E-state index contributed by atoms with van der Waals surface area (Å²) in [6.45, 7) is 10.1. The number of rotatable bonds is 5. The summed E-state index contributed by atoms with van der Waals surface area (Å²) in [6.07, 6.45) is 0.858. The number of amides is 1. The van der Waals surface area contributed by atoms with Gasteiger partial charge in [-0.05, 0) is 36.8 Å². The Bertz CT molecular complexity index is 1020. The highest BCUT2D eigenvalue weighted by Crippen LogP contribution is 2.24. The van der Waals surface area contributed by atoms with Crippen LogP contribution >= 0.6 is 24.8 Å². The Morgan fingerprint density at radius 2 is 1.93 bits per heavy atom. The summed E-state index contributed by atoms with van der Waals surface area (Å²) in [5.41, 5.74) is 5.97. The van der Waals surface area contributed by atoms with Crippen LogP contribution < -0.4 is 17.0 Å². The zero-order chi connectivity index (χ0) is 20.6. The van der Waals surface area contributed by atoms with Gasteiger partial charge in [-0.25, -0.2) is 9.78 Å². The first-order valence-corrected chi connectivity index (χ1v) is 9.90. The molecule has 30 heavy (non-hydrogen) atoms. The smallest absolute Gasteiger partial charge is 0.330 e. The van der Waals surface area contributed by atoms with Gasteiger partial charge < -0.3 is 10.6 Å². The monoisotopic (exact) mass is 459 g/mol. The van der Waals surface area contributed by atoms with Crippen LogP contribution in [0, 0.1) is 11.8 Å². The lowest BCUT2D eigenvalue weighted by Crippen LogP contribution is -2.35. The molecule has 3 N–H and O–H groups in total. The van der Waals surface area contributed by atoms with Crippen molar-refractivity contribution in [2.24, 2.45) is 17.6 Å². The highest BCUT2D eigenvalue weighted by molar-refractivity contribution is 6.05. The largest absolute Gasteiger partial charge is 0.338 e. The van der Waals surface area contributed by atoms with Gasteiger partial charge in [0.1, 0.15) is 0 Å². The molecular weight excluding hydrogens is 429 g/mol. The molecule has 3 heterocycles. The minimum atomic E-state index is -0.569. The third-order valence-electron chi connectivity index (χ3n) is 5.24. The van der Waals surface area contributed by atoms with E-state index in [1.54, 1.807) is 11.0 Å². The molecule has 0 spiro atoms. The number of carbonyl (C=O) groups excluding carboxylic acids is 1. The molecule has 2 aromatic heterocycles. The molecule has 1 atom stereocenters. The molecule has 1 fully saturated rings. The van der Waals surface area contributed by atoms with Crippen LogP contribution in [-0.2, 0) is 6.54 Å². The summed E-state index contributed by atoms with van der Waals surface area (Å²) < 4.78 is 1.47. The van der Waals surface area contributed by atoms with Crippen LogP contribution in [0.2, 0.25) is 0 Å². The topological polar surface area (TPSA) is 114 Å². The minimum absolute atomic E-state index is 0. The predicted molar refractivity (Wildman–Crippen MR) is 123 cm³/mol. The lowest BCUT2D eigenvalue weighted by molar-refractivity contribution is 0.0789. The Kier molecular flexibility index (Phi) is 9.07. The fourth-order valence-corrected chi connectivity index (χ4v) is 3.67. The molecule has 0 bridgehead atoms. The van der Waals surface area contributed by atoms with Crippen LogP contribution in [0.15, 0.2) is 15.7 Å². The summed E-state index contributed by atoms with van der Waals surface area (Å²) in [5, 5.41) is 0.186. The summed E-state index contributed by atoms with van der Waals surface area (Å²) in [5.74, 6) is 0.303. The van der Waals surface area contributed by atoms with Crippen molar-refractivity contribution in [2.45, 2.75) is 46.6 Å². The lowest BCUT2D eigenvalue weighted by Gasteiger charge is -2.20. The predicted octanol–water partition coefficient (Wildman–Crippen LogP) is 2.13. The van der Waals surface area contributed by atoms with Crippen molar-refractivity contribution in [2.75, 3.05) is 19.6 Å². The van der Waals surface area contributed by atoms with Gasteiger partial charge in [0, 0.05) is 25.3 Å². The Morgan fingerprint density at radius 1 is 1.27 bits per heavy atom. The molecule has 1 unspecified atom stereocenters. The van der Waals surface area contributed by atoms with Crippen LogP contribution in [-0.4, -0.2) is 45.0 Å². The van der Waals surface area contributed by atoms with Crippen LogP contribution in [0.25, 0.3) is 11.0 Å². The minimum Gasteiger partial charge on any atom is -0.338 e. The van der Waals surface area contributed by atoms with Crippen LogP contribution in [0.5, 0.6) is 0 Å². The Balaban J connectivity index is 0.00000225. The van der Waals surface area contributed by atoms with Crippen LogP contribution in [0.4, 0.5) is 0 Å². The van der Waals surface area contributed by atoms with Crippen molar-refractivity contribution in [1.29, 1.82) is 0 Å². The van der Waals surface area contributed by atoms with Crippen molar-refractivity contribution in [1.82, 2.24) is 19.4 Å². The summed E-state index contributed by atoms with van der Waals surface area (Å²) >= 11 is 0. The standard InChI is InChI=1S/C20H29N5O3.2ClH/c1-11(2)9-25-17-16(18(26)23-20(25)28)14(7-15(22-17)12(3)4)19(27)24-6-5-13(8-21)10-24;;/h7,11-13H,5-6,8-10,21H2,1-4H3,(H,23,26,28);2*1H. The third-order valence-corrected chi connectivity index (χ3v) is 5.24. The van der Waals surface area contributed by atoms with Gasteiger partial charge in [0.05, 0.1) is 10.9 Å². The van der Waals surface area contributed by atoms with Gasteiger partial charge in [0.15, 0.2) is 5.65 Å². The van der Waals surface area contributed by atoms with E-state index in [4.69, 9.17) is 5.73 Å². The van der Waals surface area contributed by atoms with Gasteiger partial charge in [0.2, 0.25) is 0 Å². The molecule has 1 amide bonds. The Labute approximate surface area is 188 Å². The van der Waals surface area contributed by atoms with Crippen LogP contribution in [0.1, 0.15) is 56.1 Å².